The molecule has 0 N–H and O–H groups in total. The molecule has 4 nitrogen and oxygen atoms in total. The molecule has 1 aliphatic heterocycles. The molecule has 24 heavy (non-hydrogen) atoms. The Morgan fingerprint density at radius 2 is 1.79 bits per heavy atom. The van der Waals surface area contributed by atoms with E-state index in [4.69, 9.17) is 33.7 Å². The average Bonchev–Trinajstić information content (AvgIpc) is 2.85. The summed E-state index contributed by atoms with van der Waals surface area (Å²) in [6.07, 6.45) is 0. The van der Waals surface area contributed by atoms with Gasteiger partial charge in [0.25, 0.3) is 5.91 Å². The van der Waals surface area contributed by atoms with Crippen LogP contribution in [-0.2, 0) is 11.3 Å². The fourth-order valence-electron chi connectivity index (χ4n) is 2.64. The Morgan fingerprint density at radius 3 is 2.46 bits per heavy atom. The van der Waals surface area contributed by atoms with Gasteiger partial charge in [-0.25, -0.2) is 0 Å². The van der Waals surface area contributed by atoms with Crippen LogP contribution < -0.4 is 4.90 Å². The van der Waals surface area contributed by atoms with Crippen molar-refractivity contribution in [3.63, 3.8) is 0 Å². The zero-order valence-corrected chi connectivity index (χ0v) is 13.8. The minimum Gasteiger partial charge on any atom is -0.303 e. The molecule has 116 valence electrons. The van der Waals surface area contributed by atoms with E-state index in [-0.39, 0.29) is 23.6 Å². The van der Waals surface area contributed by atoms with Crippen LogP contribution in [0, 0.1) is 22.7 Å². The van der Waals surface area contributed by atoms with Crippen molar-refractivity contribution in [2.45, 2.75) is 6.54 Å². The second kappa shape index (κ2) is 6.37. The number of benzene rings is 2. The molecule has 0 unspecified atom stereocenters. The number of carbonyl (C=O) groups is 1. The Kier molecular flexibility index (Phi) is 4.27. The molecule has 2 aromatic carbocycles. The van der Waals surface area contributed by atoms with Gasteiger partial charge >= 0.3 is 0 Å². The summed E-state index contributed by atoms with van der Waals surface area (Å²) in [5.41, 5.74) is 1.87. The highest BCUT2D eigenvalue weighted by Gasteiger charge is 2.35. The largest absolute Gasteiger partial charge is 0.303 e. The van der Waals surface area contributed by atoms with E-state index in [1.54, 1.807) is 54.6 Å². The van der Waals surface area contributed by atoms with Crippen molar-refractivity contribution < 1.29 is 4.79 Å². The van der Waals surface area contributed by atoms with Crippen molar-refractivity contribution in [3.05, 3.63) is 69.2 Å². The maximum atomic E-state index is 12.8. The SMILES string of the molecule is N#CC(C#N)=C1C(=O)N(Cc2ccc(Cl)cc2Cl)c2ccccc21. The van der Waals surface area contributed by atoms with Crippen LogP contribution in [0.25, 0.3) is 5.57 Å². The Balaban J connectivity index is 2.11. The van der Waals surface area contributed by atoms with E-state index in [0.29, 0.717) is 21.3 Å². The number of hydrogen-bond donors (Lipinski definition) is 0. The van der Waals surface area contributed by atoms with Crippen LogP contribution >= 0.6 is 23.2 Å². The van der Waals surface area contributed by atoms with Crippen molar-refractivity contribution >= 4 is 40.4 Å². The number of amides is 1. The predicted octanol–water partition coefficient (Wildman–Crippen LogP) is 4.34. The van der Waals surface area contributed by atoms with Gasteiger partial charge in [0.05, 0.1) is 17.8 Å². The summed E-state index contributed by atoms with van der Waals surface area (Å²) in [5, 5.41) is 19.2. The maximum absolute atomic E-state index is 12.8. The molecular weight excluding hydrogens is 345 g/mol. The van der Waals surface area contributed by atoms with Gasteiger partial charge in [0.15, 0.2) is 0 Å². The third-order valence-corrected chi connectivity index (χ3v) is 4.33. The van der Waals surface area contributed by atoms with Gasteiger partial charge in [-0.05, 0) is 23.8 Å². The Bertz CT molecular complexity index is 951. The number of rotatable bonds is 2. The molecule has 0 saturated heterocycles. The van der Waals surface area contributed by atoms with Gasteiger partial charge < -0.3 is 4.90 Å². The lowest BCUT2D eigenvalue weighted by Crippen LogP contribution is -2.26. The fraction of sp³-hybridized carbons (Fsp3) is 0.0556. The molecule has 3 rings (SSSR count). The molecular formula is C18H9Cl2N3O. The number of anilines is 1. The van der Waals surface area contributed by atoms with Gasteiger partial charge in [-0.1, -0.05) is 47.5 Å². The molecule has 0 bridgehead atoms. The molecule has 6 heteroatoms. The summed E-state index contributed by atoms with van der Waals surface area (Å²) >= 11 is 12.1. The molecule has 0 aliphatic carbocycles. The zero-order chi connectivity index (χ0) is 17.3. The summed E-state index contributed by atoms with van der Waals surface area (Å²) in [4.78, 5) is 14.3. The highest BCUT2D eigenvalue weighted by Crippen LogP contribution is 2.39. The molecule has 1 heterocycles. The van der Waals surface area contributed by atoms with Crippen LogP contribution in [0.15, 0.2) is 48.0 Å². The van der Waals surface area contributed by atoms with Crippen LogP contribution in [0.3, 0.4) is 0 Å². The van der Waals surface area contributed by atoms with Gasteiger partial charge in [0.1, 0.15) is 17.7 Å². The van der Waals surface area contributed by atoms with E-state index >= 15 is 0 Å². The molecule has 1 aliphatic rings. The Labute approximate surface area is 148 Å². The van der Waals surface area contributed by atoms with Gasteiger partial charge in [0.2, 0.25) is 0 Å². The topological polar surface area (TPSA) is 67.9 Å². The first-order valence-corrected chi connectivity index (χ1v) is 7.72. The summed E-state index contributed by atoms with van der Waals surface area (Å²) in [6, 6.07) is 15.7. The smallest absolute Gasteiger partial charge is 0.261 e. The van der Waals surface area contributed by atoms with E-state index < -0.39 is 0 Å². The highest BCUT2D eigenvalue weighted by molar-refractivity contribution is 6.36. The minimum atomic E-state index is -0.389. The lowest BCUT2D eigenvalue weighted by Gasteiger charge is -2.18. The molecule has 0 fully saturated rings. The third kappa shape index (κ3) is 2.63. The van der Waals surface area contributed by atoms with Crippen molar-refractivity contribution in [2.24, 2.45) is 0 Å². The van der Waals surface area contributed by atoms with E-state index in [9.17, 15) is 4.79 Å². The number of allylic oxidation sites excluding steroid dienone is 1. The second-order valence-electron chi connectivity index (χ2n) is 5.12. The monoisotopic (exact) mass is 353 g/mol. The highest BCUT2D eigenvalue weighted by atomic mass is 35.5. The van der Waals surface area contributed by atoms with Crippen molar-refractivity contribution in [1.82, 2.24) is 0 Å². The summed E-state index contributed by atoms with van der Waals surface area (Å²) in [6.45, 7) is 0.222. The summed E-state index contributed by atoms with van der Waals surface area (Å²) < 4.78 is 0. The first kappa shape index (κ1) is 16.1. The molecule has 0 atom stereocenters. The van der Waals surface area contributed by atoms with Crippen LogP contribution in [0.2, 0.25) is 10.0 Å². The van der Waals surface area contributed by atoms with Crippen molar-refractivity contribution in [1.29, 1.82) is 10.5 Å². The van der Waals surface area contributed by atoms with Crippen molar-refractivity contribution in [2.75, 3.05) is 4.90 Å². The van der Waals surface area contributed by atoms with Crippen LogP contribution in [0.1, 0.15) is 11.1 Å². The van der Waals surface area contributed by atoms with Crippen molar-refractivity contribution in [3.8, 4) is 12.1 Å². The number of halogens is 2. The standard InChI is InChI=1S/C18H9Cl2N3O/c19-13-6-5-11(15(20)7-13)10-23-16-4-2-1-3-14(16)17(18(23)24)12(8-21)9-22/h1-7H,10H2. The Morgan fingerprint density at radius 1 is 1.08 bits per heavy atom. The molecule has 0 aromatic heterocycles. The molecule has 1 amide bonds. The van der Waals surface area contributed by atoms with E-state index in [1.165, 1.54) is 4.90 Å². The second-order valence-corrected chi connectivity index (χ2v) is 5.96. The van der Waals surface area contributed by atoms with Gasteiger partial charge in [-0.15, -0.1) is 0 Å². The number of hydrogen-bond acceptors (Lipinski definition) is 3. The van der Waals surface area contributed by atoms with Gasteiger partial charge in [-0.3, -0.25) is 4.79 Å². The lowest BCUT2D eigenvalue weighted by atomic mass is 10.0. The summed E-state index contributed by atoms with van der Waals surface area (Å²) in [5.74, 6) is -0.389. The average molecular weight is 354 g/mol. The van der Waals surface area contributed by atoms with E-state index in [0.717, 1.165) is 5.56 Å². The third-order valence-electron chi connectivity index (χ3n) is 3.74. The maximum Gasteiger partial charge on any atom is 0.261 e. The molecule has 2 aromatic rings. The molecule has 0 spiro atoms. The van der Waals surface area contributed by atoms with Crippen LogP contribution in [-0.4, -0.2) is 5.91 Å². The lowest BCUT2D eigenvalue weighted by molar-refractivity contribution is -0.113. The quantitative estimate of drug-likeness (QED) is 0.595. The van der Waals surface area contributed by atoms with Crippen LogP contribution in [0.5, 0.6) is 0 Å². The normalized spacial score (nSPS) is 12.6. The summed E-state index contributed by atoms with van der Waals surface area (Å²) in [7, 11) is 0. The number of nitrogens with zero attached hydrogens (tertiary/aromatic N) is 3. The predicted molar refractivity (Wildman–Crippen MR) is 92.2 cm³/mol. The molecule has 0 saturated carbocycles. The first-order valence-electron chi connectivity index (χ1n) is 6.96. The van der Waals surface area contributed by atoms with E-state index in [2.05, 4.69) is 0 Å². The zero-order valence-electron chi connectivity index (χ0n) is 12.3. The minimum absolute atomic E-state index is 0.126. The first-order chi connectivity index (χ1) is 11.6. The molecule has 0 radical (unpaired) electrons. The number of nitriles is 2. The van der Waals surface area contributed by atoms with Gasteiger partial charge in [-0.2, -0.15) is 10.5 Å². The fourth-order valence-corrected chi connectivity index (χ4v) is 3.10. The number of para-hydroxylation sites is 1. The van der Waals surface area contributed by atoms with E-state index in [1.807, 2.05) is 0 Å². The number of carbonyl (C=O) groups excluding carboxylic acids is 1. The number of fused-ring (bicyclic) bond motifs is 1. The van der Waals surface area contributed by atoms with Crippen LogP contribution in [0.4, 0.5) is 5.69 Å². The van der Waals surface area contributed by atoms with Gasteiger partial charge in [0, 0.05) is 15.6 Å². The Hall–Kier alpha value is -2.79.